The second-order valence-electron chi connectivity index (χ2n) is 0.573. The molecular formula is C3H7OP. The molecule has 0 aliphatic rings. The second-order valence-corrected chi connectivity index (χ2v) is 0.809. The van der Waals surface area contributed by atoms with Gasteiger partial charge in [0.25, 0.3) is 0 Å². The Balaban J connectivity index is 2.40. The summed E-state index contributed by atoms with van der Waals surface area (Å²) in [6.07, 6.45) is 0. The van der Waals surface area contributed by atoms with Crippen LogP contribution in [0.25, 0.3) is 0 Å². The van der Waals surface area contributed by atoms with Gasteiger partial charge < -0.3 is 4.74 Å². The average molecular weight is 90.1 g/mol. The number of ether oxygens (including phenoxy) is 1. The van der Waals surface area contributed by atoms with Crippen molar-refractivity contribution in [3.63, 3.8) is 0 Å². The van der Waals surface area contributed by atoms with Crippen LogP contribution in [0.1, 0.15) is 6.92 Å². The normalized spacial score (nSPS) is 7.40. The maximum atomic E-state index is 4.62. The van der Waals surface area contributed by atoms with Crippen LogP contribution in [0.2, 0.25) is 0 Å². The van der Waals surface area contributed by atoms with Crippen LogP contribution in [-0.2, 0) is 4.74 Å². The van der Waals surface area contributed by atoms with Crippen molar-refractivity contribution in [1.29, 1.82) is 0 Å². The van der Waals surface area contributed by atoms with Crippen LogP contribution >= 0.6 is 8.86 Å². The topological polar surface area (TPSA) is 9.23 Å². The summed E-state index contributed by atoms with van der Waals surface area (Å²) in [5, 5.41) is 0. The van der Waals surface area contributed by atoms with Crippen LogP contribution in [0.5, 0.6) is 0 Å². The molecule has 0 aromatic heterocycles. The van der Waals surface area contributed by atoms with E-state index in [1.54, 1.807) is 0 Å². The zero-order valence-corrected chi connectivity index (χ0v) is 4.19. The van der Waals surface area contributed by atoms with Crippen LogP contribution in [0, 0.1) is 0 Å². The van der Waals surface area contributed by atoms with Gasteiger partial charge in [0.2, 0.25) is 0 Å². The molecule has 5 heavy (non-hydrogen) atoms. The first-order chi connectivity index (χ1) is 2.41. The van der Waals surface area contributed by atoms with Gasteiger partial charge in [0.1, 0.15) is 0 Å². The lowest BCUT2D eigenvalue weighted by molar-refractivity contribution is 0.351. The summed E-state index contributed by atoms with van der Waals surface area (Å²) in [5.41, 5.74) is 0. The van der Waals surface area contributed by atoms with E-state index in [2.05, 4.69) is 13.6 Å². The van der Waals surface area contributed by atoms with Gasteiger partial charge in [0.05, 0.1) is 12.6 Å². The molecule has 0 unspecified atom stereocenters. The van der Waals surface area contributed by atoms with Crippen LogP contribution < -0.4 is 0 Å². The van der Waals surface area contributed by atoms with E-state index >= 15 is 0 Å². The van der Waals surface area contributed by atoms with Gasteiger partial charge in [0.15, 0.2) is 0 Å². The molecule has 0 aliphatic carbocycles. The van der Waals surface area contributed by atoms with Gasteiger partial charge in [-0.15, -0.1) is 0 Å². The van der Waals surface area contributed by atoms with Crippen molar-refractivity contribution in [3.05, 3.63) is 0 Å². The zero-order valence-electron chi connectivity index (χ0n) is 3.19. The zero-order chi connectivity index (χ0) is 4.12. The van der Waals surface area contributed by atoms with E-state index in [9.17, 15) is 0 Å². The minimum absolute atomic E-state index is 0.740. The van der Waals surface area contributed by atoms with Crippen molar-refractivity contribution in [2.45, 2.75) is 6.92 Å². The maximum absolute atomic E-state index is 4.62. The fourth-order valence-corrected chi connectivity index (χ4v) is 0.250. The van der Waals surface area contributed by atoms with E-state index in [0.717, 1.165) is 6.61 Å². The molecule has 0 aliphatic heterocycles. The van der Waals surface area contributed by atoms with Crippen LogP contribution in [0.3, 0.4) is 0 Å². The molecule has 0 aromatic rings. The van der Waals surface area contributed by atoms with Crippen molar-refractivity contribution in [2.24, 2.45) is 0 Å². The first-order valence-corrected chi connectivity index (χ1v) is 2.10. The molecule has 1 nitrogen and oxygen atoms in total. The Bertz CT molecular complexity index is 28.1. The average Bonchev–Trinajstić information content (AvgIpc) is 1.41. The molecule has 0 aromatic carbocycles. The summed E-state index contributed by atoms with van der Waals surface area (Å²) in [6.45, 7) is 2.67. The van der Waals surface area contributed by atoms with Gasteiger partial charge in [-0.1, -0.05) is 8.86 Å². The monoisotopic (exact) mass is 90.0 g/mol. The van der Waals surface area contributed by atoms with E-state index in [1.165, 1.54) is 5.98 Å². The highest BCUT2D eigenvalue weighted by atomic mass is 31.0. The summed E-state index contributed by atoms with van der Waals surface area (Å²) in [7, 11) is 3.00. The summed E-state index contributed by atoms with van der Waals surface area (Å²) >= 11 is 0. The first-order valence-electron chi connectivity index (χ1n) is 1.52. The molecule has 0 fully saturated rings. The fourth-order valence-electron chi connectivity index (χ4n) is 0.0833. The molecule has 0 saturated heterocycles. The Labute approximate surface area is 34.2 Å². The highest BCUT2D eigenvalue weighted by Crippen LogP contribution is 1.62. The summed E-state index contributed by atoms with van der Waals surface area (Å²) in [5.74, 6) is 1.49. The van der Waals surface area contributed by atoms with Gasteiger partial charge in [-0.3, -0.25) is 0 Å². The highest BCUT2D eigenvalue weighted by molar-refractivity contribution is 7.17. The van der Waals surface area contributed by atoms with Crippen LogP contribution in [0.15, 0.2) is 0 Å². The van der Waals surface area contributed by atoms with Crippen LogP contribution in [0.4, 0.5) is 0 Å². The maximum Gasteiger partial charge on any atom is 0.0581 e. The highest BCUT2D eigenvalue weighted by Gasteiger charge is 1.58. The van der Waals surface area contributed by atoms with Gasteiger partial charge in [-0.05, 0) is 6.92 Å². The first kappa shape index (κ1) is 5.13. The number of hydrogen-bond acceptors (Lipinski definition) is 1. The summed E-state index contributed by atoms with van der Waals surface area (Å²) < 4.78 is 4.62. The van der Waals surface area contributed by atoms with Crippen molar-refractivity contribution in [3.8, 4) is 0 Å². The van der Waals surface area contributed by atoms with Crippen molar-refractivity contribution < 1.29 is 4.74 Å². The van der Waals surface area contributed by atoms with E-state index in [0.29, 0.717) is 0 Å². The Morgan fingerprint density at radius 3 is 2.60 bits per heavy atom. The Morgan fingerprint density at radius 1 is 2.00 bits per heavy atom. The van der Waals surface area contributed by atoms with Gasteiger partial charge in [-0.25, -0.2) is 0 Å². The molecule has 0 bridgehead atoms. The molecule has 30 valence electrons. The Morgan fingerprint density at radius 2 is 2.60 bits per heavy atom. The minimum Gasteiger partial charge on any atom is -0.350 e. The SMILES string of the molecule is CCOC=P. The number of hydrogen-bond donors (Lipinski definition) is 0. The molecule has 0 saturated carbocycles. The third-order valence-corrected chi connectivity index (χ3v) is 0.417. The van der Waals surface area contributed by atoms with E-state index in [1.807, 2.05) is 6.92 Å². The molecule has 0 N–H and O–H groups in total. The van der Waals surface area contributed by atoms with Crippen molar-refractivity contribution >= 4 is 14.8 Å². The molecule has 2 heteroatoms. The van der Waals surface area contributed by atoms with E-state index < -0.39 is 0 Å². The smallest absolute Gasteiger partial charge is 0.0581 e. The Hall–Kier alpha value is 0.130. The lowest BCUT2D eigenvalue weighted by atomic mass is 10.9. The molecular weight excluding hydrogens is 83.0 g/mol. The molecule has 0 radical (unpaired) electrons. The molecule has 0 heterocycles. The van der Waals surface area contributed by atoms with Gasteiger partial charge in [-0.2, -0.15) is 0 Å². The van der Waals surface area contributed by atoms with Crippen LogP contribution in [-0.4, -0.2) is 12.6 Å². The van der Waals surface area contributed by atoms with E-state index in [-0.39, 0.29) is 0 Å². The third-order valence-electron chi connectivity index (χ3n) is 0.250. The lowest BCUT2D eigenvalue weighted by Gasteiger charge is -1.79. The predicted molar refractivity (Wildman–Crippen MR) is 26.0 cm³/mol. The molecule has 0 amide bonds. The standard InChI is InChI=1S/C3H7OP/c1-2-4-3-5/h3,5H,2H2,1H3. The van der Waals surface area contributed by atoms with Crippen molar-refractivity contribution in [2.75, 3.05) is 6.61 Å². The summed E-state index contributed by atoms with van der Waals surface area (Å²) in [6, 6.07) is 0. The summed E-state index contributed by atoms with van der Waals surface area (Å²) in [4.78, 5) is 0. The Kier molecular flexibility index (Phi) is 4.24. The fraction of sp³-hybridized carbons (Fsp3) is 0.667. The largest absolute Gasteiger partial charge is 0.350 e. The molecule has 0 spiro atoms. The lowest BCUT2D eigenvalue weighted by Crippen LogP contribution is -1.78. The molecule has 0 rings (SSSR count). The quantitative estimate of drug-likeness (QED) is 0.458. The van der Waals surface area contributed by atoms with Gasteiger partial charge in [0, 0.05) is 0 Å². The predicted octanol–water partition coefficient (Wildman–Crippen LogP) is 0.925. The second kappa shape index (κ2) is 4.13. The van der Waals surface area contributed by atoms with E-state index in [4.69, 9.17) is 0 Å². The van der Waals surface area contributed by atoms with Gasteiger partial charge >= 0.3 is 0 Å². The third kappa shape index (κ3) is 4.13. The number of rotatable bonds is 2. The van der Waals surface area contributed by atoms with Crippen molar-refractivity contribution in [1.82, 2.24) is 0 Å². The minimum atomic E-state index is 0.740. The molecule has 0 atom stereocenters.